The lowest BCUT2D eigenvalue weighted by molar-refractivity contribution is -0.146. The number of amides is 2. The zero-order valence-electron chi connectivity index (χ0n) is 23.0. The molecule has 10 heteroatoms. The third-order valence-electron chi connectivity index (χ3n) is 7.50. The fraction of sp³-hybridized carbons (Fsp3) is 0.517. The second-order valence-corrected chi connectivity index (χ2v) is 10.9. The first kappa shape index (κ1) is 27.1. The molecule has 1 unspecified atom stereocenters. The number of piperidine rings is 1. The molecule has 1 N–H and O–H groups in total. The van der Waals surface area contributed by atoms with Crippen molar-refractivity contribution in [1.29, 1.82) is 0 Å². The van der Waals surface area contributed by atoms with Gasteiger partial charge in [-0.25, -0.2) is 4.68 Å². The molecule has 3 aromatic rings. The fourth-order valence-electron chi connectivity index (χ4n) is 5.42. The first-order valence-electron chi connectivity index (χ1n) is 13.8. The van der Waals surface area contributed by atoms with E-state index in [9.17, 15) is 9.59 Å². The molecule has 0 aliphatic carbocycles. The highest BCUT2D eigenvalue weighted by molar-refractivity contribution is 6.40. The molecule has 1 aromatic carbocycles. The monoisotopic (exact) mass is 534 g/mol. The maximum Gasteiger partial charge on any atom is 0.314 e. The Labute approximate surface area is 229 Å². The number of benzene rings is 1. The van der Waals surface area contributed by atoms with E-state index in [4.69, 9.17) is 9.47 Å². The van der Waals surface area contributed by atoms with Crippen molar-refractivity contribution in [1.82, 2.24) is 24.6 Å². The summed E-state index contributed by atoms with van der Waals surface area (Å²) in [4.78, 5) is 35.1. The number of nitrogens with zero attached hydrogens (tertiary/aromatic N) is 5. The third kappa shape index (κ3) is 6.23. The largest absolute Gasteiger partial charge is 0.492 e. The van der Waals surface area contributed by atoms with Crippen molar-refractivity contribution >= 4 is 28.4 Å². The number of aromatic nitrogens is 3. The Morgan fingerprint density at radius 3 is 2.82 bits per heavy atom. The molecule has 2 aliphatic rings. The number of likely N-dealkylation sites (N-methyl/N-ethyl adjacent to an activating group) is 1. The Morgan fingerprint density at radius 1 is 1.15 bits per heavy atom. The van der Waals surface area contributed by atoms with E-state index in [0.29, 0.717) is 36.9 Å². The summed E-state index contributed by atoms with van der Waals surface area (Å²) in [7, 11) is 4.01. The van der Waals surface area contributed by atoms with Crippen LogP contribution in [-0.2, 0) is 14.3 Å². The average molecular weight is 535 g/mol. The summed E-state index contributed by atoms with van der Waals surface area (Å²) in [5.41, 5.74) is 2.14. The van der Waals surface area contributed by atoms with Crippen LogP contribution in [-0.4, -0.2) is 76.8 Å². The van der Waals surface area contributed by atoms with E-state index < -0.39 is 11.8 Å². The smallest absolute Gasteiger partial charge is 0.314 e. The van der Waals surface area contributed by atoms with Gasteiger partial charge in [0.2, 0.25) is 0 Å². The molecule has 5 rings (SSSR count). The number of carbonyl (C=O) groups excluding carboxylic acids is 2. The van der Waals surface area contributed by atoms with Gasteiger partial charge in [0, 0.05) is 31.3 Å². The number of fused-ring (bicyclic) bond motifs is 1. The molecule has 0 radical (unpaired) electrons. The number of rotatable bonds is 7. The van der Waals surface area contributed by atoms with Crippen molar-refractivity contribution in [2.45, 2.75) is 51.3 Å². The summed E-state index contributed by atoms with van der Waals surface area (Å²) < 4.78 is 13.7. The maximum atomic E-state index is 13.6. The van der Waals surface area contributed by atoms with Gasteiger partial charge in [0.25, 0.3) is 0 Å². The van der Waals surface area contributed by atoms with Gasteiger partial charge in [0.1, 0.15) is 12.4 Å². The van der Waals surface area contributed by atoms with Crippen molar-refractivity contribution in [3.05, 3.63) is 48.4 Å². The van der Waals surface area contributed by atoms with Crippen LogP contribution in [0.1, 0.15) is 56.9 Å². The molecule has 2 saturated heterocycles. The Hall–Kier alpha value is -3.50. The lowest BCUT2D eigenvalue weighted by atomic mass is 9.89. The number of hydrogen-bond donors (Lipinski definition) is 1. The first-order chi connectivity index (χ1) is 18.9. The van der Waals surface area contributed by atoms with Crippen LogP contribution in [0.4, 0.5) is 5.69 Å². The van der Waals surface area contributed by atoms with Gasteiger partial charge in [-0.05, 0) is 69.8 Å². The minimum atomic E-state index is -0.681. The molecule has 4 heterocycles. The van der Waals surface area contributed by atoms with E-state index in [1.807, 2.05) is 38.4 Å². The van der Waals surface area contributed by atoms with Gasteiger partial charge in [0.15, 0.2) is 6.23 Å². The maximum absolute atomic E-state index is 13.6. The van der Waals surface area contributed by atoms with E-state index in [-0.39, 0.29) is 12.3 Å². The van der Waals surface area contributed by atoms with E-state index in [2.05, 4.69) is 27.2 Å². The number of pyridine rings is 1. The van der Waals surface area contributed by atoms with Gasteiger partial charge >= 0.3 is 11.8 Å². The molecule has 2 fully saturated rings. The molecule has 10 nitrogen and oxygen atoms in total. The molecule has 0 spiro atoms. The van der Waals surface area contributed by atoms with Gasteiger partial charge in [-0.2, -0.15) is 5.10 Å². The minimum absolute atomic E-state index is 0.202. The van der Waals surface area contributed by atoms with Crippen LogP contribution in [0.25, 0.3) is 10.9 Å². The van der Waals surface area contributed by atoms with Crippen molar-refractivity contribution in [2.75, 3.05) is 45.7 Å². The molecule has 0 bridgehead atoms. The molecule has 2 aliphatic heterocycles. The zero-order chi connectivity index (χ0) is 27.4. The molecular formula is C29H38N6O4. The molecule has 0 saturated carbocycles. The number of anilines is 1. The van der Waals surface area contributed by atoms with Crippen LogP contribution < -0.4 is 10.1 Å². The first-order valence-corrected chi connectivity index (χ1v) is 13.8. The van der Waals surface area contributed by atoms with E-state index in [0.717, 1.165) is 55.3 Å². The van der Waals surface area contributed by atoms with Crippen LogP contribution in [0, 0.1) is 5.92 Å². The normalized spacial score (nSPS) is 21.7. The number of nitrogens with one attached hydrogen (secondary N) is 1. The summed E-state index contributed by atoms with van der Waals surface area (Å²) in [6.45, 7) is 4.68. The predicted molar refractivity (Wildman–Crippen MR) is 148 cm³/mol. The zero-order valence-corrected chi connectivity index (χ0v) is 23.0. The molecule has 2 aromatic heterocycles. The summed E-state index contributed by atoms with van der Waals surface area (Å²) in [6.07, 6.45) is 9.46. The Kier molecular flexibility index (Phi) is 8.42. The molecule has 2 amide bonds. The topological polar surface area (TPSA) is 102 Å². The van der Waals surface area contributed by atoms with Crippen LogP contribution in [0.2, 0.25) is 0 Å². The van der Waals surface area contributed by atoms with Crippen LogP contribution in [0.5, 0.6) is 5.75 Å². The number of ether oxygens (including phenoxy) is 2. The lowest BCUT2D eigenvalue weighted by Crippen LogP contribution is -2.46. The molecular weight excluding hydrogens is 496 g/mol. The number of hydrogen-bond acceptors (Lipinski definition) is 7. The SMILES string of the molecule is C[C@H]1CC[C@H](c2cccc(OCCN(C)C)c2)N(C(=O)C(=O)Nc2cncc3cnn(C4CCCCO4)c23)C1. The Balaban J connectivity index is 1.35. The summed E-state index contributed by atoms with van der Waals surface area (Å²) >= 11 is 0. The quantitative estimate of drug-likeness (QED) is 0.457. The van der Waals surface area contributed by atoms with Crippen molar-refractivity contribution in [2.24, 2.45) is 5.92 Å². The standard InChI is InChI=1S/C29H38N6O4/c1-20-10-11-25(21-7-6-8-23(15-21)38-14-12-33(2)3)34(19-20)29(37)28(36)32-24-18-30-16-22-17-31-35(27(22)24)26-9-4-5-13-39-26/h6-8,15-18,20,25-26H,4-5,9-14,19H2,1-3H3,(H,32,36)/t20-,25+,26?/m0/s1. The second-order valence-electron chi connectivity index (χ2n) is 10.9. The minimum Gasteiger partial charge on any atom is -0.492 e. The Morgan fingerprint density at radius 2 is 2.03 bits per heavy atom. The summed E-state index contributed by atoms with van der Waals surface area (Å²) in [6, 6.07) is 7.66. The summed E-state index contributed by atoms with van der Waals surface area (Å²) in [5, 5.41) is 8.14. The van der Waals surface area contributed by atoms with Crippen molar-refractivity contribution < 1.29 is 19.1 Å². The van der Waals surface area contributed by atoms with Crippen LogP contribution in [0.3, 0.4) is 0 Å². The number of likely N-dealkylation sites (tertiary alicyclic amines) is 1. The average Bonchev–Trinajstić information content (AvgIpc) is 3.38. The highest BCUT2D eigenvalue weighted by Crippen LogP contribution is 2.35. The van der Waals surface area contributed by atoms with E-state index in [1.165, 1.54) is 0 Å². The molecule has 39 heavy (non-hydrogen) atoms. The van der Waals surface area contributed by atoms with Gasteiger partial charge in [-0.15, -0.1) is 0 Å². The number of carbonyl (C=O) groups is 2. The van der Waals surface area contributed by atoms with E-state index in [1.54, 1.807) is 28.2 Å². The van der Waals surface area contributed by atoms with Gasteiger partial charge in [0.05, 0.1) is 29.6 Å². The highest BCUT2D eigenvalue weighted by Gasteiger charge is 2.35. The van der Waals surface area contributed by atoms with Gasteiger partial charge < -0.3 is 24.6 Å². The fourth-order valence-corrected chi connectivity index (χ4v) is 5.42. The highest BCUT2D eigenvalue weighted by atomic mass is 16.5. The van der Waals surface area contributed by atoms with Crippen molar-refractivity contribution in [3.8, 4) is 5.75 Å². The molecule has 3 atom stereocenters. The van der Waals surface area contributed by atoms with Gasteiger partial charge in [-0.3, -0.25) is 14.6 Å². The van der Waals surface area contributed by atoms with Crippen LogP contribution in [0.15, 0.2) is 42.9 Å². The predicted octanol–water partition coefficient (Wildman–Crippen LogP) is 4.01. The lowest BCUT2D eigenvalue weighted by Gasteiger charge is -2.38. The van der Waals surface area contributed by atoms with Crippen LogP contribution >= 0.6 is 0 Å². The van der Waals surface area contributed by atoms with Crippen molar-refractivity contribution in [3.63, 3.8) is 0 Å². The molecule has 208 valence electrons. The Bertz CT molecular complexity index is 1300. The third-order valence-corrected chi connectivity index (χ3v) is 7.50. The summed E-state index contributed by atoms with van der Waals surface area (Å²) in [5.74, 6) is -0.171. The van der Waals surface area contributed by atoms with Gasteiger partial charge in [-0.1, -0.05) is 19.1 Å². The second kappa shape index (κ2) is 12.1. The van der Waals surface area contributed by atoms with E-state index >= 15 is 0 Å².